The lowest BCUT2D eigenvalue weighted by atomic mass is 10.1. The summed E-state index contributed by atoms with van der Waals surface area (Å²) in [6, 6.07) is 16.7. The van der Waals surface area contributed by atoms with E-state index in [0.717, 1.165) is 36.9 Å². The Balaban J connectivity index is 1.59. The Bertz CT molecular complexity index is 1490. The van der Waals surface area contributed by atoms with Gasteiger partial charge < -0.3 is 0 Å². The molecule has 2 aromatic carbocycles. The Morgan fingerprint density at radius 2 is 1.79 bits per heavy atom. The quantitative estimate of drug-likeness (QED) is 0.257. The second-order valence-electron chi connectivity index (χ2n) is 9.32. The number of aromatic nitrogens is 2. The Hall–Kier alpha value is -2.79. The van der Waals surface area contributed by atoms with Gasteiger partial charge in [-0.15, -0.1) is 0 Å². The van der Waals surface area contributed by atoms with E-state index in [4.69, 9.17) is 17.3 Å². The van der Waals surface area contributed by atoms with Gasteiger partial charge in [0, 0.05) is 36.5 Å². The number of hydrogen-bond donors (Lipinski definition) is 0. The normalized spacial score (nSPS) is 17.9. The molecule has 1 aromatic heterocycles. The minimum Gasteiger partial charge on any atom is -0.290 e. The number of rotatable bonds is 8. The van der Waals surface area contributed by atoms with Gasteiger partial charge in [-0.3, -0.25) is 9.69 Å². The smallest absolute Gasteiger partial charge is 0.266 e. The minimum absolute atomic E-state index is 0.0665. The standard InChI is InChI=1S/C28H30N4O3S3/c1-3-30(4-2)38(34,35)24-16-10-11-20(17-24)26-21(19-31(29-26)22-12-6-5-7-13-22)18-25-27(33)32(28(36)37-25)23-14-8-9-15-23/h5-7,10-13,16-19,23H,3-4,8-9,14-15H2,1-2H3. The predicted molar refractivity (Wildman–Crippen MR) is 156 cm³/mol. The first-order valence-electron chi connectivity index (χ1n) is 12.9. The van der Waals surface area contributed by atoms with Crippen LogP contribution in [0.2, 0.25) is 0 Å². The summed E-state index contributed by atoms with van der Waals surface area (Å²) in [7, 11) is -3.64. The van der Waals surface area contributed by atoms with E-state index in [2.05, 4.69) is 0 Å². The highest BCUT2D eigenvalue weighted by molar-refractivity contribution is 8.26. The number of para-hydroxylation sites is 1. The molecule has 10 heteroatoms. The predicted octanol–water partition coefficient (Wildman–Crippen LogP) is 5.71. The number of amides is 1. The van der Waals surface area contributed by atoms with Crippen LogP contribution < -0.4 is 0 Å². The highest BCUT2D eigenvalue weighted by Gasteiger charge is 2.38. The molecule has 3 aromatic rings. The maximum atomic E-state index is 13.4. The molecule has 1 aliphatic heterocycles. The monoisotopic (exact) mass is 566 g/mol. The van der Waals surface area contributed by atoms with Crippen LogP contribution in [-0.4, -0.2) is 56.8 Å². The summed E-state index contributed by atoms with van der Waals surface area (Å²) in [5.41, 5.74) is 2.83. The van der Waals surface area contributed by atoms with Crippen LogP contribution in [0.4, 0.5) is 0 Å². The zero-order chi connectivity index (χ0) is 26.9. The first-order chi connectivity index (χ1) is 18.3. The summed E-state index contributed by atoms with van der Waals surface area (Å²) in [5, 5.41) is 4.84. The van der Waals surface area contributed by atoms with E-state index < -0.39 is 10.0 Å². The molecule has 0 radical (unpaired) electrons. The van der Waals surface area contributed by atoms with E-state index in [0.29, 0.717) is 33.6 Å². The van der Waals surface area contributed by atoms with E-state index in [1.807, 2.05) is 62.5 Å². The summed E-state index contributed by atoms with van der Waals surface area (Å²) in [6.07, 6.45) is 7.89. The van der Waals surface area contributed by atoms with Gasteiger partial charge in [-0.1, -0.05) is 81.0 Å². The highest BCUT2D eigenvalue weighted by Crippen LogP contribution is 2.39. The van der Waals surface area contributed by atoms with Gasteiger partial charge in [-0.25, -0.2) is 13.1 Å². The van der Waals surface area contributed by atoms with Gasteiger partial charge in [-0.2, -0.15) is 9.40 Å². The van der Waals surface area contributed by atoms with Gasteiger partial charge in [0.15, 0.2) is 0 Å². The number of sulfonamides is 1. The van der Waals surface area contributed by atoms with Crippen molar-refractivity contribution in [2.75, 3.05) is 13.1 Å². The summed E-state index contributed by atoms with van der Waals surface area (Å²) in [6.45, 7) is 4.43. The van der Waals surface area contributed by atoms with Crippen molar-refractivity contribution >= 4 is 50.3 Å². The largest absolute Gasteiger partial charge is 0.290 e. The Labute approximate surface area is 233 Å². The van der Waals surface area contributed by atoms with Gasteiger partial charge in [0.25, 0.3) is 5.91 Å². The Morgan fingerprint density at radius 3 is 2.47 bits per heavy atom. The minimum atomic E-state index is -3.64. The molecule has 2 fully saturated rings. The van der Waals surface area contributed by atoms with Gasteiger partial charge >= 0.3 is 0 Å². The number of thiocarbonyl (C=S) groups is 1. The molecule has 0 unspecified atom stereocenters. The van der Waals surface area contributed by atoms with Gasteiger partial charge in [0.2, 0.25) is 10.0 Å². The maximum Gasteiger partial charge on any atom is 0.266 e. The number of thioether (sulfide) groups is 1. The molecule has 0 N–H and O–H groups in total. The number of carbonyl (C=O) groups excluding carboxylic acids is 1. The third-order valence-corrected chi connectivity index (χ3v) is 10.4. The van der Waals surface area contributed by atoms with Crippen molar-refractivity contribution in [3.63, 3.8) is 0 Å². The molecule has 2 aliphatic rings. The Kier molecular flexibility index (Phi) is 7.85. The van der Waals surface area contributed by atoms with Crippen LogP contribution in [0.3, 0.4) is 0 Å². The highest BCUT2D eigenvalue weighted by atomic mass is 32.2. The van der Waals surface area contributed by atoms with Gasteiger partial charge in [0.05, 0.1) is 15.5 Å². The number of carbonyl (C=O) groups is 1. The number of nitrogens with zero attached hydrogens (tertiary/aromatic N) is 4. The fourth-order valence-electron chi connectivity index (χ4n) is 5.05. The van der Waals surface area contributed by atoms with Crippen molar-refractivity contribution in [2.45, 2.75) is 50.5 Å². The summed E-state index contributed by atoms with van der Waals surface area (Å²) in [4.78, 5) is 15.9. The number of hydrogen-bond acceptors (Lipinski definition) is 6. The Morgan fingerprint density at radius 1 is 1.08 bits per heavy atom. The molecule has 5 rings (SSSR count). The molecule has 1 saturated heterocycles. The van der Waals surface area contributed by atoms with Crippen molar-refractivity contribution in [2.24, 2.45) is 0 Å². The third kappa shape index (κ3) is 5.10. The van der Waals surface area contributed by atoms with E-state index in [9.17, 15) is 13.2 Å². The lowest BCUT2D eigenvalue weighted by molar-refractivity contribution is -0.123. The van der Waals surface area contributed by atoms with Crippen molar-refractivity contribution in [3.05, 3.63) is 71.3 Å². The van der Waals surface area contributed by atoms with Crippen LogP contribution >= 0.6 is 24.0 Å². The van der Waals surface area contributed by atoms with Gasteiger partial charge in [0.1, 0.15) is 10.0 Å². The van der Waals surface area contributed by atoms with Crippen LogP contribution in [-0.2, 0) is 14.8 Å². The second-order valence-corrected chi connectivity index (χ2v) is 12.9. The first kappa shape index (κ1) is 26.8. The summed E-state index contributed by atoms with van der Waals surface area (Å²) >= 11 is 6.91. The molecular formula is C28H30N4O3S3. The average molecular weight is 567 g/mol. The first-order valence-corrected chi connectivity index (χ1v) is 15.5. The SMILES string of the molecule is CCN(CC)S(=O)(=O)c1cccc(-c2nn(-c3ccccc3)cc2C=C2SC(=S)N(C3CCCC3)C2=O)c1. The van der Waals surface area contributed by atoms with Crippen LogP contribution in [0.5, 0.6) is 0 Å². The van der Waals surface area contributed by atoms with Gasteiger partial charge in [-0.05, 0) is 43.2 Å². The summed E-state index contributed by atoms with van der Waals surface area (Å²) < 4.78 is 30.2. The molecule has 38 heavy (non-hydrogen) atoms. The average Bonchev–Trinajstić information content (AvgIpc) is 3.65. The molecule has 1 amide bonds. The molecule has 1 saturated carbocycles. The van der Waals surface area contributed by atoms with Crippen molar-refractivity contribution in [1.29, 1.82) is 0 Å². The van der Waals surface area contributed by atoms with Crippen LogP contribution in [0, 0.1) is 0 Å². The zero-order valence-electron chi connectivity index (χ0n) is 21.4. The molecule has 1 aliphatic carbocycles. The van der Waals surface area contributed by atoms with Crippen LogP contribution in [0.25, 0.3) is 23.0 Å². The number of benzene rings is 2. The van der Waals surface area contributed by atoms with Crippen LogP contribution in [0.1, 0.15) is 45.1 Å². The van der Waals surface area contributed by atoms with Crippen molar-refractivity contribution < 1.29 is 13.2 Å². The third-order valence-electron chi connectivity index (χ3n) is 7.01. The molecule has 0 bridgehead atoms. The maximum absolute atomic E-state index is 13.4. The molecular weight excluding hydrogens is 537 g/mol. The van der Waals surface area contributed by atoms with Crippen LogP contribution in [0.15, 0.2) is 70.6 Å². The van der Waals surface area contributed by atoms with E-state index in [-0.39, 0.29) is 16.8 Å². The van der Waals surface area contributed by atoms with Crippen molar-refractivity contribution in [1.82, 2.24) is 19.0 Å². The fourth-order valence-corrected chi connectivity index (χ4v) is 7.94. The molecule has 0 atom stereocenters. The molecule has 2 heterocycles. The van der Waals surface area contributed by atoms with E-state index in [1.54, 1.807) is 27.8 Å². The topological polar surface area (TPSA) is 75.5 Å². The molecule has 0 spiro atoms. The second kappa shape index (κ2) is 11.1. The lowest BCUT2D eigenvalue weighted by Crippen LogP contribution is -2.36. The van der Waals surface area contributed by atoms with Crippen molar-refractivity contribution in [3.8, 4) is 16.9 Å². The molecule has 7 nitrogen and oxygen atoms in total. The van der Waals surface area contributed by atoms with E-state index >= 15 is 0 Å². The van der Waals surface area contributed by atoms with E-state index in [1.165, 1.54) is 16.1 Å². The fraction of sp³-hybridized carbons (Fsp3) is 0.321. The zero-order valence-corrected chi connectivity index (χ0v) is 23.9. The lowest BCUT2D eigenvalue weighted by Gasteiger charge is -2.21. The summed E-state index contributed by atoms with van der Waals surface area (Å²) in [5.74, 6) is -0.0665. The molecule has 198 valence electrons.